The maximum absolute atomic E-state index is 12.9. The number of hydrogen-bond donors (Lipinski definition) is 1. The molecular formula is C11H15ClFNO2S. The third-order valence-corrected chi connectivity index (χ3v) is 3.72. The summed E-state index contributed by atoms with van der Waals surface area (Å²) < 4.78 is 34.8. The van der Waals surface area contributed by atoms with Crippen LogP contribution in [0.1, 0.15) is 24.4 Å². The largest absolute Gasteiger partial charge is 0.324 e. The Labute approximate surface area is 106 Å². The van der Waals surface area contributed by atoms with Crippen LogP contribution in [0, 0.1) is 5.82 Å². The summed E-state index contributed by atoms with van der Waals surface area (Å²) in [6.45, 7) is 0. The van der Waals surface area contributed by atoms with Crippen LogP contribution in [0.3, 0.4) is 0 Å². The summed E-state index contributed by atoms with van der Waals surface area (Å²) in [7, 11) is -2.96. The third-order valence-electron chi connectivity index (χ3n) is 2.40. The van der Waals surface area contributed by atoms with E-state index in [0.29, 0.717) is 18.4 Å². The molecule has 0 aliphatic heterocycles. The molecule has 96 valence electrons. The highest BCUT2D eigenvalue weighted by Crippen LogP contribution is 2.22. The van der Waals surface area contributed by atoms with Gasteiger partial charge in [-0.15, -0.1) is 0 Å². The SMILES string of the molecule is CS(=O)(=O)CCCC(N)c1ccc(F)c(Cl)c1. The van der Waals surface area contributed by atoms with Crippen LogP contribution in [0.4, 0.5) is 4.39 Å². The Bertz CT molecular complexity index is 490. The first-order valence-electron chi connectivity index (χ1n) is 5.18. The highest BCUT2D eigenvalue weighted by atomic mass is 35.5. The van der Waals surface area contributed by atoms with Gasteiger partial charge in [-0.2, -0.15) is 0 Å². The Hall–Kier alpha value is -0.650. The van der Waals surface area contributed by atoms with Crippen LogP contribution in [0.5, 0.6) is 0 Å². The summed E-state index contributed by atoms with van der Waals surface area (Å²) in [5.41, 5.74) is 6.58. The van der Waals surface area contributed by atoms with E-state index in [1.807, 2.05) is 0 Å². The Morgan fingerprint density at radius 2 is 2.12 bits per heavy atom. The quantitative estimate of drug-likeness (QED) is 0.900. The fraction of sp³-hybridized carbons (Fsp3) is 0.455. The Kier molecular flexibility index (Phi) is 4.91. The number of benzene rings is 1. The molecule has 0 aromatic heterocycles. The van der Waals surface area contributed by atoms with Crippen molar-refractivity contribution in [3.05, 3.63) is 34.6 Å². The molecule has 17 heavy (non-hydrogen) atoms. The molecule has 0 aliphatic rings. The van der Waals surface area contributed by atoms with E-state index in [1.165, 1.54) is 18.4 Å². The first-order valence-corrected chi connectivity index (χ1v) is 7.61. The van der Waals surface area contributed by atoms with Gasteiger partial charge in [-0.25, -0.2) is 12.8 Å². The lowest BCUT2D eigenvalue weighted by Crippen LogP contribution is -2.12. The van der Waals surface area contributed by atoms with Gasteiger partial charge in [-0.05, 0) is 30.5 Å². The summed E-state index contributed by atoms with van der Waals surface area (Å²) in [5.74, 6) is -0.380. The Balaban J connectivity index is 2.58. The fourth-order valence-corrected chi connectivity index (χ4v) is 2.36. The zero-order valence-electron chi connectivity index (χ0n) is 9.49. The molecule has 6 heteroatoms. The van der Waals surface area contributed by atoms with Crippen molar-refractivity contribution < 1.29 is 12.8 Å². The minimum absolute atomic E-state index is 0.0288. The molecule has 0 amide bonds. The van der Waals surface area contributed by atoms with Crippen molar-refractivity contribution in [2.45, 2.75) is 18.9 Å². The normalized spacial score (nSPS) is 13.6. The average molecular weight is 280 g/mol. The third kappa shape index (κ3) is 5.02. The van der Waals surface area contributed by atoms with Gasteiger partial charge in [0.1, 0.15) is 15.7 Å². The van der Waals surface area contributed by atoms with Gasteiger partial charge >= 0.3 is 0 Å². The van der Waals surface area contributed by atoms with Crippen molar-refractivity contribution in [1.82, 2.24) is 0 Å². The molecule has 2 N–H and O–H groups in total. The van der Waals surface area contributed by atoms with Crippen molar-refractivity contribution in [3.63, 3.8) is 0 Å². The molecule has 0 saturated heterocycles. The Morgan fingerprint density at radius 3 is 2.65 bits per heavy atom. The molecule has 0 heterocycles. The molecule has 1 aromatic carbocycles. The number of halogens is 2. The maximum Gasteiger partial charge on any atom is 0.147 e. The van der Waals surface area contributed by atoms with Crippen molar-refractivity contribution in [1.29, 1.82) is 0 Å². The molecule has 1 unspecified atom stereocenters. The van der Waals surface area contributed by atoms with E-state index in [0.717, 1.165) is 0 Å². The first-order chi connectivity index (χ1) is 7.79. The van der Waals surface area contributed by atoms with E-state index < -0.39 is 15.7 Å². The molecule has 1 atom stereocenters. The molecule has 0 saturated carbocycles. The maximum atomic E-state index is 12.9. The van der Waals surface area contributed by atoms with Gasteiger partial charge in [0.25, 0.3) is 0 Å². The first kappa shape index (κ1) is 14.4. The summed E-state index contributed by atoms with van der Waals surface area (Å²) in [6.07, 6.45) is 2.19. The van der Waals surface area contributed by atoms with E-state index in [2.05, 4.69) is 0 Å². The van der Waals surface area contributed by atoms with Gasteiger partial charge < -0.3 is 5.73 Å². The summed E-state index contributed by atoms with van der Waals surface area (Å²) in [4.78, 5) is 0. The second-order valence-electron chi connectivity index (χ2n) is 4.05. The lowest BCUT2D eigenvalue weighted by Gasteiger charge is -2.12. The monoisotopic (exact) mass is 279 g/mol. The number of rotatable bonds is 5. The van der Waals surface area contributed by atoms with Crippen LogP contribution < -0.4 is 5.73 Å². The Morgan fingerprint density at radius 1 is 1.47 bits per heavy atom. The van der Waals surface area contributed by atoms with Crippen molar-refractivity contribution in [3.8, 4) is 0 Å². The zero-order chi connectivity index (χ0) is 13.1. The minimum Gasteiger partial charge on any atom is -0.324 e. The van der Waals surface area contributed by atoms with Crippen LogP contribution in [0.15, 0.2) is 18.2 Å². The smallest absolute Gasteiger partial charge is 0.147 e. The van der Waals surface area contributed by atoms with Gasteiger partial charge in [0.15, 0.2) is 0 Å². The predicted molar refractivity (Wildman–Crippen MR) is 67.3 cm³/mol. The van der Waals surface area contributed by atoms with E-state index in [9.17, 15) is 12.8 Å². The van der Waals surface area contributed by atoms with E-state index in [1.54, 1.807) is 6.07 Å². The van der Waals surface area contributed by atoms with Crippen LogP contribution >= 0.6 is 11.6 Å². The molecule has 1 rings (SSSR count). The van der Waals surface area contributed by atoms with Gasteiger partial charge in [0.2, 0.25) is 0 Å². The molecule has 0 aliphatic carbocycles. The molecule has 0 bridgehead atoms. The zero-order valence-corrected chi connectivity index (χ0v) is 11.1. The average Bonchev–Trinajstić information content (AvgIpc) is 2.20. The molecule has 1 aromatic rings. The minimum atomic E-state index is -2.96. The van der Waals surface area contributed by atoms with Crippen molar-refractivity contribution in [2.75, 3.05) is 12.0 Å². The van der Waals surface area contributed by atoms with E-state index in [-0.39, 0.29) is 16.8 Å². The molecular weight excluding hydrogens is 265 g/mol. The summed E-state index contributed by atoms with van der Waals surface area (Å²) in [6, 6.07) is 3.97. The predicted octanol–water partition coefficient (Wildman–Crippen LogP) is 2.30. The van der Waals surface area contributed by atoms with E-state index in [4.69, 9.17) is 17.3 Å². The molecule has 0 radical (unpaired) electrons. The van der Waals surface area contributed by atoms with Crippen LogP contribution in [-0.2, 0) is 9.84 Å². The second-order valence-corrected chi connectivity index (χ2v) is 6.72. The van der Waals surface area contributed by atoms with Gasteiger partial charge in [-0.3, -0.25) is 0 Å². The van der Waals surface area contributed by atoms with Gasteiger partial charge in [0.05, 0.1) is 5.02 Å². The van der Waals surface area contributed by atoms with E-state index >= 15 is 0 Å². The molecule has 0 spiro atoms. The standard InChI is InChI=1S/C11H15ClFNO2S/c1-17(15,16)6-2-3-11(14)8-4-5-10(13)9(12)7-8/h4-5,7,11H,2-3,6,14H2,1H3. The molecule has 3 nitrogen and oxygen atoms in total. The fourth-order valence-electron chi connectivity index (χ4n) is 1.48. The number of sulfone groups is 1. The summed E-state index contributed by atoms with van der Waals surface area (Å²) in [5, 5.41) is 0.0288. The number of hydrogen-bond acceptors (Lipinski definition) is 3. The summed E-state index contributed by atoms with van der Waals surface area (Å²) >= 11 is 5.64. The lowest BCUT2D eigenvalue weighted by molar-refractivity contribution is 0.587. The highest BCUT2D eigenvalue weighted by Gasteiger charge is 2.10. The molecule has 0 fully saturated rings. The number of nitrogens with two attached hydrogens (primary N) is 1. The topological polar surface area (TPSA) is 60.2 Å². The van der Waals surface area contributed by atoms with Crippen LogP contribution in [-0.4, -0.2) is 20.4 Å². The van der Waals surface area contributed by atoms with Crippen molar-refractivity contribution in [2.24, 2.45) is 5.73 Å². The highest BCUT2D eigenvalue weighted by molar-refractivity contribution is 7.90. The second kappa shape index (κ2) is 5.80. The van der Waals surface area contributed by atoms with Gasteiger partial charge in [0, 0.05) is 18.1 Å². The van der Waals surface area contributed by atoms with Gasteiger partial charge in [-0.1, -0.05) is 17.7 Å². The van der Waals surface area contributed by atoms with Crippen LogP contribution in [0.25, 0.3) is 0 Å². The van der Waals surface area contributed by atoms with Crippen molar-refractivity contribution >= 4 is 21.4 Å². The lowest BCUT2D eigenvalue weighted by atomic mass is 10.0. The van der Waals surface area contributed by atoms with Crippen LogP contribution in [0.2, 0.25) is 5.02 Å².